The molecule has 0 aromatic rings. The highest BCUT2D eigenvalue weighted by atomic mass is 16.5. The lowest BCUT2D eigenvalue weighted by Crippen LogP contribution is -2.37. The van der Waals surface area contributed by atoms with Gasteiger partial charge in [0.15, 0.2) is 0 Å². The van der Waals surface area contributed by atoms with Gasteiger partial charge < -0.3 is 10.1 Å². The Labute approximate surface area is 114 Å². The molecule has 4 heteroatoms. The van der Waals surface area contributed by atoms with E-state index >= 15 is 0 Å². The third-order valence-electron chi connectivity index (χ3n) is 2.71. The number of carbonyl (C=O) groups is 2. The first-order chi connectivity index (χ1) is 9.17. The molecule has 1 rings (SSSR count). The van der Waals surface area contributed by atoms with Gasteiger partial charge in [0, 0.05) is 6.42 Å². The fraction of sp³-hybridized carbons (Fsp3) is 0.467. The van der Waals surface area contributed by atoms with Crippen LogP contribution in [-0.2, 0) is 14.3 Å². The van der Waals surface area contributed by atoms with E-state index in [1.165, 1.54) is 0 Å². The van der Waals surface area contributed by atoms with Gasteiger partial charge in [0.25, 0.3) is 0 Å². The number of hydrogen-bond donors (Lipinski definition) is 1. The zero-order valence-electron chi connectivity index (χ0n) is 11.5. The third-order valence-corrected chi connectivity index (χ3v) is 2.71. The van der Waals surface area contributed by atoms with Crippen molar-refractivity contribution >= 4 is 11.9 Å². The molecule has 1 amide bonds. The van der Waals surface area contributed by atoms with Crippen molar-refractivity contribution in [1.29, 1.82) is 0 Å². The molecule has 1 heterocycles. The summed E-state index contributed by atoms with van der Waals surface area (Å²) in [6, 6.07) is -0.481. The molecule has 19 heavy (non-hydrogen) atoms. The van der Waals surface area contributed by atoms with Crippen molar-refractivity contribution in [3.8, 4) is 0 Å². The molecule has 104 valence electrons. The summed E-state index contributed by atoms with van der Waals surface area (Å²) in [5, 5.41) is 2.70. The first kappa shape index (κ1) is 15.2. The highest BCUT2D eigenvalue weighted by Gasteiger charge is 2.27. The van der Waals surface area contributed by atoms with Crippen LogP contribution in [-0.4, -0.2) is 24.5 Å². The topological polar surface area (TPSA) is 55.4 Å². The molecular weight excluding hydrogens is 242 g/mol. The lowest BCUT2D eigenvalue weighted by atomic mass is 10.1. The SMILES string of the molecule is C\C=C/C=C(\C=C/CC)CC(=O)NC1CCOC1=O. The van der Waals surface area contributed by atoms with Crippen molar-refractivity contribution in [2.45, 2.75) is 39.2 Å². The Bertz CT molecular complexity index is 408. The maximum atomic E-state index is 11.9. The summed E-state index contributed by atoms with van der Waals surface area (Å²) in [7, 11) is 0. The molecule has 1 atom stereocenters. The highest BCUT2D eigenvalue weighted by Crippen LogP contribution is 2.09. The van der Waals surface area contributed by atoms with Crippen LogP contribution in [0.5, 0.6) is 0 Å². The van der Waals surface area contributed by atoms with Crippen molar-refractivity contribution in [3.05, 3.63) is 36.0 Å². The minimum Gasteiger partial charge on any atom is -0.464 e. The predicted octanol–water partition coefficient (Wildman–Crippen LogP) is 2.28. The number of nitrogens with one attached hydrogen (secondary N) is 1. The fourth-order valence-corrected chi connectivity index (χ4v) is 1.72. The van der Waals surface area contributed by atoms with Gasteiger partial charge >= 0.3 is 5.97 Å². The number of allylic oxidation sites excluding steroid dienone is 5. The van der Waals surface area contributed by atoms with E-state index in [2.05, 4.69) is 5.32 Å². The normalized spacial score (nSPS) is 20.2. The number of carbonyl (C=O) groups excluding carboxylic acids is 2. The molecule has 0 spiro atoms. The number of amides is 1. The Kier molecular flexibility index (Phi) is 6.64. The smallest absolute Gasteiger partial charge is 0.328 e. The predicted molar refractivity (Wildman–Crippen MR) is 74.5 cm³/mol. The molecule has 0 saturated carbocycles. The Morgan fingerprint density at radius 1 is 1.53 bits per heavy atom. The largest absolute Gasteiger partial charge is 0.464 e. The summed E-state index contributed by atoms with van der Waals surface area (Å²) in [4.78, 5) is 23.1. The van der Waals surface area contributed by atoms with E-state index in [0.29, 0.717) is 13.0 Å². The maximum Gasteiger partial charge on any atom is 0.328 e. The van der Waals surface area contributed by atoms with Crippen molar-refractivity contribution in [1.82, 2.24) is 5.32 Å². The first-order valence-corrected chi connectivity index (χ1v) is 6.61. The molecule has 0 bridgehead atoms. The average Bonchev–Trinajstić information content (AvgIpc) is 2.78. The van der Waals surface area contributed by atoms with Crippen molar-refractivity contribution in [3.63, 3.8) is 0 Å². The summed E-state index contributed by atoms with van der Waals surface area (Å²) in [5.41, 5.74) is 0.920. The molecule has 1 saturated heterocycles. The van der Waals surface area contributed by atoms with Gasteiger partial charge in [-0.05, 0) is 18.9 Å². The molecule has 4 nitrogen and oxygen atoms in total. The summed E-state index contributed by atoms with van der Waals surface area (Å²) < 4.78 is 4.81. The van der Waals surface area contributed by atoms with Crippen LogP contribution >= 0.6 is 0 Å². The van der Waals surface area contributed by atoms with Crippen LogP contribution in [0, 0.1) is 0 Å². The van der Waals surface area contributed by atoms with Crippen molar-refractivity contribution in [2.24, 2.45) is 0 Å². The Hall–Kier alpha value is -1.84. The lowest BCUT2D eigenvalue weighted by molar-refractivity contribution is -0.141. The summed E-state index contributed by atoms with van der Waals surface area (Å²) in [6.07, 6.45) is 11.4. The average molecular weight is 263 g/mol. The molecule has 1 aliphatic rings. The minimum absolute atomic E-state index is 0.152. The molecule has 1 fully saturated rings. The number of rotatable bonds is 6. The monoisotopic (exact) mass is 263 g/mol. The van der Waals surface area contributed by atoms with Crippen LogP contribution in [0.3, 0.4) is 0 Å². The van der Waals surface area contributed by atoms with Crippen LogP contribution in [0.4, 0.5) is 0 Å². The quantitative estimate of drug-likeness (QED) is 0.591. The standard InChI is InChI=1S/C15H21NO3/c1-3-5-7-12(8-6-4-2)11-14(17)16-13-9-10-19-15(13)18/h3,5-8,13H,4,9-11H2,1-2H3,(H,16,17)/b5-3-,8-6-,12-7+. The number of ether oxygens (including phenoxy) is 1. The molecule has 0 aromatic heterocycles. The highest BCUT2D eigenvalue weighted by molar-refractivity contribution is 5.86. The van der Waals surface area contributed by atoms with Gasteiger partial charge in [-0.15, -0.1) is 0 Å². The van der Waals surface area contributed by atoms with Crippen LogP contribution in [0.25, 0.3) is 0 Å². The second-order valence-corrected chi connectivity index (χ2v) is 4.33. The van der Waals surface area contributed by atoms with Crippen LogP contribution in [0.1, 0.15) is 33.1 Å². The number of hydrogen-bond acceptors (Lipinski definition) is 3. The van der Waals surface area contributed by atoms with Gasteiger partial charge in [0.1, 0.15) is 6.04 Å². The maximum absolute atomic E-state index is 11.9. The summed E-state index contributed by atoms with van der Waals surface area (Å²) in [5.74, 6) is -0.489. The van der Waals surface area contributed by atoms with E-state index in [-0.39, 0.29) is 18.3 Å². The third kappa shape index (κ3) is 5.55. The van der Waals surface area contributed by atoms with Crippen molar-refractivity contribution in [2.75, 3.05) is 6.61 Å². The van der Waals surface area contributed by atoms with E-state index in [9.17, 15) is 9.59 Å². The number of esters is 1. The Balaban J connectivity index is 2.55. The molecule has 0 radical (unpaired) electrons. The molecular formula is C15H21NO3. The van der Waals surface area contributed by atoms with Gasteiger partial charge in [0.05, 0.1) is 13.0 Å². The Morgan fingerprint density at radius 3 is 2.89 bits per heavy atom. The van der Waals surface area contributed by atoms with Crippen LogP contribution in [0.2, 0.25) is 0 Å². The fourth-order valence-electron chi connectivity index (χ4n) is 1.72. The van der Waals surface area contributed by atoms with Gasteiger partial charge in [-0.3, -0.25) is 4.79 Å². The van der Waals surface area contributed by atoms with E-state index in [0.717, 1.165) is 12.0 Å². The van der Waals surface area contributed by atoms with Gasteiger partial charge in [-0.25, -0.2) is 4.79 Å². The van der Waals surface area contributed by atoms with Gasteiger partial charge in [-0.1, -0.05) is 37.3 Å². The first-order valence-electron chi connectivity index (χ1n) is 6.61. The van der Waals surface area contributed by atoms with Gasteiger partial charge in [0.2, 0.25) is 5.91 Å². The molecule has 1 N–H and O–H groups in total. The van der Waals surface area contributed by atoms with Crippen molar-refractivity contribution < 1.29 is 14.3 Å². The van der Waals surface area contributed by atoms with Gasteiger partial charge in [-0.2, -0.15) is 0 Å². The zero-order chi connectivity index (χ0) is 14.1. The summed E-state index contributed by atoms with van der Waals surface area (Å²) >= 11 is 0. The van der Waals surface area contributed by atoms with Crippen LogP contribution in [0.15, 0.2) is 36.0 Å². The Morgan fingerprint density at radius 2 is 2.32 bits per heavy atom. The summed E-state index contributed by atoms with van der Waals surface area (Å²) in [6.45, 7) is 4.35. The molecule has 1 aliphatic heterocycles. The van der Waals surface area contributed by atoms with E-state index in [1.54, 1.807) is 0 Å². The van der Waals surface area contributed by atoms with E-state index in [4.69, 9.17) is 4.74 Å². The molecule has 0 aliphatic carbocycles. The minimum atomic E-state index is -0.481. The molecule has 0 aromatic carbocycles. The second kappa shape index (κ2) is 8.29. The van der Waals surface area contributed by atoms with Crippen LogP contribution < -0.4 is 5.32 Å². The van der Waals surface area contributed by atoms with E-state index < -0.39 is 6.04 Å². The lowest BCUT2D eigenvalue weighted by Gasteiger charge is -2.09. The molecule has 1 unspecified atom stereocenters. The second-order valence-electron chi connectivity index (χ2n) is 4.33. The zero-order valence-corrected chi connectivity index (χ0v) is 11.5. The van der Waals surface area contributed by atoms with E-state index in [1.807, 2.05) is 44.2 Å². The number of cyclic esters (lactones) is 1.